The van der Waals surface area contributed by atoms with Gasteiger partial charge in [-0.3, -0.25) is 9.48 Å². The lowest BCUT2D eigenvalue weighted by Gasteiger charge is -2.24. The maximum atomic E-state index is 12.8. The molecular formula is C14H21N3O5S. The first kappa shape index (κ1) is 16.4. The van der Waals surface area contributed by atoms with Crippen molar-refractivity contribution in [3.63, 3.8) is 0 Å². The third kappa shape index (κ3) is 3.00. The summed E-state index contributed by atoms with van der Waals surface area (Å²) in [5.41, 5.74) is 0. The molecule has 2 fully saturated rings. The number of ether oxygens (including phenoxy) is 1. The molecule has 0 saturated carbocycles. The fourth-order valence-electron chi connectivity index (χ4n) is 3.32. The first-order valence-corrected chi connectivity index (χ1v) is 9.23. The van der Waals surface area contributed by atoms with Gasteiger partial charge < -0.3 is 9.84 Å². The van der Waals surface area contributed by atoms with Gasteiger partial charge in [-0.2, -0.15) is 9.40 Å². The highest BCUT2D eigenvalue weighted by molar-refractivity contribution is 7.89. The van der Waals surface area contributed by atoms with Gasteiger partial charge in [0.2, 0.25) is 10.0 Å². The number of aliphatic carboxylic acids is 1. The molecule has 0 aliphatic carbocycles. The maximum Gasteiger partial charge on any atom is 0.322 e. The summed E-state index contributed by atoms with van der Waals surface area (Å²) in [4.78, 5) is 11.4. The van der Waals surface area contributed by atoms with Crippen molar-refractivity contribution in [2.45, 2.75) is 55.6 Å². The van der Waals surface area contributed by atoms with Crippen molar-refractivity contribution in [3.8, 4) is 0 Å². The molecule has 2 aliphatic heterocycles. The van der Waals surface area contributed by atoms with Crippen LogP contribution in [-0.2, 0) is 19.6 Å². The van der Waals surface area contributed by atoms with E-state index in [1.54, 1.807) is 11.6 Å². The lowest BCUT2D eigenvalue weighted by atomic mass is 10.1. The van der Waals surface area contributed by atoms with E-state index in [1.807, 2.05) is 0 Å². The minimum absolute atomic E-state index is 0.0593. The van der Waals surface area contributed by atoms with Crippen LogP contribution in [0.4, 0.5) is 0 Å². The standard InChI is InChI=1S/C14H21N3O5S/c1-10-2-3-13(14(18)19)17(10)23(20,21)12-8-15-16(9-12)11-4-6-22-7-5-11/h8-11,13H,2-7H2,1H3,(H,18,19)/t10-,13-/m1/s1. The van der Waals surface area contributed by atoms with Crippen LogP contribution >= 0.6 is 0 Å². The summed E-state index contributed by atoms with van der Waals surface area (Å²) in [6.45, 7) is 3.01. The highest BCUT2D eigenvalue weighted by Gasteiger charge is 2.44. The summed E-state index contributed by atoms with van der Waals surface area (Å²) < 4.78 is 33.7. The summed E-state index contributed by atoms with van der Waals surface area (Å²) in [7, 11) is -3.86. The van der Waals surface area contributed by atoms with E-state index in [9.17, 15) is 18.3 Å². The third-order valence-electron chi connectivity index (χ3n) is 4.60. The van der Waals surface area contributed by atoms with E-state index in [4.69, 9.17) is 4.74 Å². The molecule has 1 aromatic rings. The molecule has 0 bridgehead atoms. The summed E-state index contributed by atoms with van der Waals surface area (Å²) in [5.74, 6) is -1.10. The van der Waals surface area contributed by atoms with Gasteiger partial charge >= 0.3 is 5.97 Å². The van der Waals surface area contributed by atoms with Crippen molar-refractivity contribution in [1.29, 1.82) is 0 Å². The Morgan fingerprint density at radius 2 is 2.00 bits per heavy atom. The highest BCUT2D eigenvalue weighted by Crippen LogP contribution is 2.31. The van der Waals surface area contributed by atoms with Crippen molar-refractivity contribution < 1.29 is 23.1 Å². The van der Waals surface area contributed by atoms with E-state index < -0.39 is 22.0 Å². The van der Waals surface area contributed by atoms with E-state index in [0.717, 1.165) is 17.1 Å². The van der Waals surface area contributed by atoms with Gasteiger partial charge in [0.05, 0.1) is 12.2 Å². The number of rotatable bonds is 4. The van der Waals surface area contributed by atoms with Gasteiger partial charge in [-0.15, -0.1) is 0 Å². The van der Waals surface area contributed by atoms with E-state index in [1.165, 1.54) is 12.4 Å². The first-order valence-electron chi connectivity index (χ1n) is 7.79. The van der Waals surface area contributed by atoms with Gasteiger partial charge in [0, 0.05) is 25.5 Å². The largest absolute Gasteiger partial charge is 0.480 e. The molecule has 1 aromatic heterocycles. The molecule has 23 heavy (non-hydrogen) atoms. The van der Waals surface area contributed by atoms with Crippen molar-refractivity contribution in [3.05, 3.63) is 12.4 Å². The number of carboxylic acids is 1. The summed E-state index contributed by atoms with van der Waals surface area (Å²) in [6.07, 6.45) is 5.29. The fraction of sp³-hybridized carbons (Fsp3) is 0.714. The number of carbonyl (C=O) groups is 1. The average Bonchev–Trinajstić information content (AvgIpc) is 3.15. The SMILES string of the molecule is C[C@@H]1CC[C@H](C(=O)O)N1S(=O)(=O)c1cnn(C2CCOCC2)c1. The molecule has 0 spiro atoms. The zero-order valence-electron chi connectivity index (χ0n) is 13.0. The highest BCUT2D eigenvalue weighted by atomic mass is 32.2. The van der Waals surface area contributed by atoms with Crippen LogP contribution in [0.5, 0.6) is 0 Å². The number of hydrogen-bond donors (Lipinski definition) is 1. The first-order chi connectivity index (χ1) is 10.9. The average molecular weight is 343 g/mol. The zero-order chi connectivity index (χ0) is 16.6. The smallest absolute Gasteiger partial charge is 0.322 e. The number of nitrogens with zero attached hydrogens (tertiary/aromatic N) is 3. The molecule has 3 rings (SSSR count). The van der Waals surface area contributed by atoms with Crippen LogP contribution in [0.15, 0.2) is 17.3 Å². The Kier molecular flexibility index (Phi) is 4.43. The quantitative estimate of drug-likeness (QED) is 0.870. The number of hydrogen-bond acceptors (Lipinski definition) is 5. The molecule has 2 saturated heterocycles. The second-order valence-electron chi connectivity index (χ2n) is 6.11. The normalized spacial score (nSPS) is 27.3. The maximum absolute atomic E-state index is 12.8. The van der Waals surface area contributed by atoms with Crippen molar-refractivity contribution >= 4 is 16.0 Å². The van der Waals surface area contributed by atoms with Crippen LogP contribution in [0.25, 0.3) is 0 Å². The molecule has 0 radical (unpaired) electrons. The molecular weight excluding hydrogens is 322 g/mol. The van der Waals surface area contributed by atoms with E-state index in [2.05, 4.69) is 5.10 Å². The van der Waals surface area contributed by atoms with Gasteiger partial charge in [-0.1, -0.05) is 0 Å². The number of sulfonamides is 1. The van der Waals surface area contributed by atoms with Crippen LogP contribution in [0, 0.1) is 0 Å². The minimum Gasteiger partial charge on any atom is -0.480 e. The number of carboxylic acid groups (broad SMARTS) is 1. The summed E-state index contributed by atoms with van der Waals surface area (Å²) in [5, 5.41) is 13.5. The minimum atomic E-state index is -3.86. The lowest BCUT2D eigenvalue weighted by Crippen LogP contribution is -2.43. The van der Waals surface area contributed by atoms with Crippen molar-refractivity contribution in [2.75, 3.05) is 13.2 Å². The van der Waals surface area contributed by atoms with E-state index in [-0.39, 0.29) is 17.0 Å². The lowest BCUT2D eigenvalue weighted by molar-refractivity contribution is -0.140. The monoisotopic (exact) mass is 343 g/mol. The van der Waals surface area contributed by atoms with Crippen LogP contribution in [0.2, 0.25) is 0 Å². The second kappa shape index (κ2) is 6.21. The molecule has 2 atom stereocenters. The Labute approximate surface area is 135 Å². The molecule has 3 heterocycles. The van der Waals surface area contributed by atoms with Crippen molar-refractivity contribution in [2.24, 2.45) is 0 Å². The van der Waals surface area contributed by atoms with Crippen LogP contribution in [0.3, 0.4) is 0 Å². The van der Waals surface area contributed by atoms with Gasteiger partial charge in [0.1, 0.15) is 10.9 Å². The summed E-state index contributed by atoms with van der Waals surface area (Å²) in [6, 6.07) is -1.20. The van der Waals surface area contributed by atoms with Crippen LogP contribution < -0.4 is 0 Å². The molecule has 8 nitrogen and oxygen atoms in total. The Hall–Kier alpha value is -1.45. The number of aromatic nitrogens is 2. The molecule has 1 N–H and O–H groups in total. The predicted octanol–water partition coefficient (Wildman–Crippen LogP) is 0.861. The van der Waals surface area contributed by atoms with Gasteiger partial charge in [0.15, 0.2) is 0 Å². The Balaban J connectivity index is 1.87. The molecule has 0 unspecified atom stereocenters. The molecule has 0 amide bonds. The summed E-state index contributed by atoms with van der Waals surface area (Å²) >= 11 is 0. The zero-order valence-corrected chi connectivity index (χ0v) is 13.8. The molecule has 2 aliphatic rings. The van der Waals surface area contributed by atoms with Gasteiger partial charge in [0.25, 0.3) is 0 Å². The Morgan fingerprint density at radius 3 is 2.65 bits per heavy atom. The van der Waals surface area contributed by atoms with Gasteiger partial charge in [-0.25, -0.2) is 8.42 Å². The molecule has 0 aromatic carbocycles. The van der Waals surface area contributed by atoms with E-state index >= 15 is 0 Å². The fourth-order valence-corrected chi connectivity index (χ4v) is 5.10. The van der Waals surface area contributed by atoms with E-state index in [0.29, 0.717) is 26.1 Å². The second-order valence-corrected chi connectivity index (χ2v) is 7.96. The van der Waals surface area contributed by atoms with Crippen LogP contribution in [0.1, 0.15) is 38.6 Å². The third-order valence-corrected chi connectivity index (χ3v) is 6.58. The molecule has 128 valence electrons. The van der Waals surface area contributed by atoms with Crippen molar-refractivity contribution in [1.82, 2.24) is 14.1 Å². The van der Waals surface area contributed by atoms with Crippen LogP contribution in [-0.4, -0.2) is 58.9 Å². The van der Waals surface area contributed by atoms with Gasteiger partial charge in [-0.05, 0) is 32.6 Å². The topological polar surface area (TPSA) is 102 Å². The predicted molar refractivity (Wildman–Crippen MR) is 80.5 cm³/mol. The Morgan fingerprint density at radius 1 is 1.30 bits per heavy atom. The molecule has 9 heteroatoms. The Bertz CT molecular complexity index is 680.